The molecule has 0 saturated heterocycles. The molecule has 0 unspecified atom stereocenters. The van der Waals surface area contributed by atoms with Gasteiger partial charge in [-0.25, -0.2) is 15.0 Å². The van der Waals surface area contributed by atoms with Gasteiger partial charge < -0.3 is 28.4 Å². The predicted octanol–water partition coefficient (Wildman–Crippen LogP) is -2.75. The molecule has 0 fully saturated rings. The summed E-state index contributed by atoms with van der Waals surface area (Å²) in [6, 6.07) is 0. The molecule has 17 heavy (non-hydrogen) atoms. The number of aromatic nitrogens is 6. The van der Waals surface area contributed by atoms with Gasteiger partial charge in [0.2, 0.25) is 23.8 Å². The number of nitrogen functional groups attached to an aromatic ring is 4. The van der Waals surface area contributed by atoms with Crippen LogP contribution in [-0.2, 0) is 0 Å². The van der Waals surface area contributed by atoms with Crippen molar-refractivity contribution in [2.24, 2.45) is 0 Å². The second-order valence-corrected chi connectivity index (χ2v) is 2.41. The van der Waals surface area contributed by atoms with Gasteiger partial charge in [-0.15, -0.1) is 0 Å². The van der Waals surface area contributed by atoms with Gasteiger partial charge in [-0.1, -0.05) is 0 Å². The molecule has 0 spiro atoms. The summed E-state index contributed by atoms with van der Waals surface area (Å²) in [7, 11) is 0. The van der Waals surface area contributed by atoms with Crippen molar-refractivity contribution in [3.8, 4) is 0 Å². The summed E-state index contributed by atoms with van der Waals surface area (Å²) < 4.78 is 0. The lowest BCUT2D eigenvalue weighted by Crippen LogP contribution is -2.05. The van der Waals surface area contributed by atoms with Crippen molar-refractivity contribution in [1.29, 1.82) is 0 Å². The predicted molar refractivity (Wildman–Crippen MR) is 60.9 cm³/mol. The molecular formula is C6H12N10O. The van der Waals surface area contributed by atoms with Gasteiger partial charge in [-0.2, -0.15) is 15.0 Å². The van der Waals surface area contributed by atoms with E-state index in [2.05, 4.69) is 29.9 Å². The smallest absolute Gasteiger partial charge is 0.226 e. The molecule has 0 aliphatic rings. The van der Waals surface area contributed by atoms with Crippen molar-refractivity contribution in [1.82, 2.24) is 29.9 Å². The van der Waals surface area contributed by atoms with Crippen molar-refractivity contribution in [2.75, 3.05) is 22.9 Å². The maximum atomic E-state index is 5.14. The van der Waals surface area contributed by atoms with E-state index in [-0.39, 0.29) is 29.3 Å². The SMILES string of the molecule is Nc1nc(N)nc(N)n1.Nc1ncncn1.O. The van der Waals surface area contributed by atoms with E-state index in [4.69, 9.17) is 22.9 Å². The van der Waals surface area contributed by atoms with Gasteiger partial charge in [-0.05, 0) is 0 Å². The summed E-state index contributed by atoms with van der Waals surface area (Å²) in [6.45, 7) is 0. The third kappa shape index (κ3) is 5.58. The van der Waals surface area contributed by atoms with Crippen molar-refractivity contribution >= 4 is 23.8 Å². The first-order valence-electron chi connectivity index (χ1n) is 3.98. The number of nitrogens with two attached hydrogens (primary N) is 4. The van der Waals surface area contributed by atoms with Gasteiger partial charge in [0.1, 0.15) is 12.7 Å². The third-order valence-corrected chi connectivity index (χ3v) is 1.20. The lowest BCUT2D eigenvalue weighted by Gasteiger charge is -1.93. The molecular weight excluding hydrogens is 228 g/mol. The standard InChI is InChI=1S/C3H6N6.C3H4N4.H2O/c4-1-7-2(5)9-3(6)8-1;4-3-6-1-5-2-7-3;/h(H6,4,5,6,7,8,9);1-2H,(H2,4,5,6,7);1H2. The number of anilines is 4. The molecule has 10 N–H and O–H groups in total. The Balaban J connectivity index is 0.000000292. The molecule has 2 heterocycles. The summed E-state index contributed by atoms with van der Waals surface area (Å²) in [4.78, 5) is 21.1. The van der Waals surface area contributed by atoms with Gasteiger partial charge in [0.15, 0.2) is 0 Å². The maximum absolute atomic E-state index is 5.14. The van der Waals surface area contributed by atoms with Gasteiger partial charge in [0.25, 0.3) is 0 Å². The minimum atomic E-state index is 0. The van der Waals surface area contributed by atoms with Crippen molar-refractivity contribution in [3.05, 3.63) is 12.7 Å². The summed E-state index contributed by atoms with van der Waals surface area (Å²) >= 11 is 0. The number of nitrogens with zero attached hydrogens (tertiary/aromatic N) is 6. The molecule has 2 aromatic heterocycles. The molecule has 0 atom stereocenters. The highest BCUT2D eigenvalue weighted by atomic mass is 16.0. The maximum Gasteiger partial charge on any atom is 0.226 e. The minimum absolute atomic E-state index is 0. The van der Waals surface area contributed by atoms with E-state index in [1.165, 1.54) is 12.7 Å². The average Bonchev–Trinajstić information content (AvgIpc) is 2.17. The van der Waals surface area contributed by atoms with Gasteiger partial charge in [0.05, 0.1) is 0 Å². The summed E-state index contributed by atoms with van der Waals surface area (Å²) in [6.07, 6.45) is 2.70. The van der Waals surface area contributed by atoms with Crippen LogP contribution in [0.4, 0.5) is 23.8 Å². The molecule has 2 rings (SSSR count). The molecule has 0 aromatic carbocycles. The Morgan fingerprint density at radius 3 is 1.24 bits per heavy atom. The van der Waals surface area contributed by atoms with Crippen molar-refractivity contribution < 1.29 is 5.48 Å². The average molecular weight is 240 g/mol. The van der Waals surface area contributed by atoms with E-state index < -0.39 is 0 Å². The van der Waals surface area contributed by atoms with Crippen LogP contribution in [0, 0.1) is 0 Å². The van der Waals surface area contributed by atoms with E-state index in [9.17, 15) is 0 Å². The fourth-order valence-electron chi connectivity index (χ4n) is 0.675. The number of hydrogen-bond acceptors (Lipinski definition) is 10. The molecule has 0 amide bonds. The van der Waals surface area contributed by atoms with Crippen LogP contribution in [0.2, 0.25) is 0 Å². The number of hydrogen-bond donors (Lipinski definition) is 4. The minimum Gasteiger partial charge on any atom is -0.412 e. The van der Waals surface area contributed by atoms with Crippen LogP contribution in [0.15, 0.2) is 12.7 Å². The van der Waals surface area contributed by atoms with Gasteiger partial charge in [-0.3, -0.25) is 0 Å². The van der Waals surface area contributed by atoms with Crippen molar-refractivity contribution in [3.63, 3.8) is 0 Å². The molecule has 0 aliphatic heterocycles. The van der Waals surface area contributed by atoms with E-state index in [0.717, 1.165) is 0 Å². The highest BCUT2D eigenvalue weighted by molar-refractivity contribution is 5.33. The Labute approximate surface area is 95.7 Å². The van der Waals surface area contributed by atoms with Crippen LogP contribution in [0.25, 0.3) is 0 Å². The Morgan fingerprint density at radius 1 is 0.647 bits per heavy atom. The fourth-order valence-corrected chi connectivity index (χ4v) is 0.675. The highest BCUT2D eigenvalue weighted by Gasteiger charge is 1.93. The first-order chi connectivity index (χ1) is 7.58. The zero-order valence-electron chi connectivity index (χ0n) is 8.65. The van der Waals surface area contributed by atoms with Crippen LogP contribution in [0.3, 0.4) is 0 Å². The van der Waals surface area contributed by atoms with Crippen molar-refractivity contribution in [2.45, 2.75) is 0 Å². The molecule has 0 aliphatic carbocycles. The molecule has 11 heteroatoms. The molecule has 11 nitrogen and oxygen atoms in total. The lowest BCUT2D eigenvalue weighted by atomic mass is 10.9. The van der Waals surface area contributed by atoms with E-state index in [0.29, 0.717) is 0 Å². The molecule has 2 aromatic rings. The molecule has 92 valence electrons. The van der Waals surface area contributed by atoms with Crippen LogP contribution < -0.4 is 22.9 Å². The van der Waals surface area contributed by atoms with E-state index in [1.807, 2.05) is 0 Å². The normalized spacial score (nSPS) is 8.47. The lowest BCUT2D eigenvalue weighted by molar-refractivity contribution is 0.824. The Hall–Kier alpha value is -2.82. The van der Waals surface area contributed by atoms with Crippen LogP contribution in [-0.4, -0.2) is 35.4 Å². The third-order valence-electron chi connectivity index (χ3n) is 1.20. The summed E-state index contributed by atoms with van der Waals surface area (Å²) in [5.74, 6) is 0.384. The van der Waals surface area contributed by atoms with Crippen LogP contribution >= 0.6 is 0 Å². The van der Waals surface area contributed by atoms with E-state index >= 15 is 0 Å². The highest BCUT2D eigenvalue weighted by Crippen LogP contribution is 1.97. The molecule has 0 bridgehead atoms. The van der Waals surface area contributed by atoms with Crippen LogP contribution in [0.1, 0.15) is 0 Å². The quantitative estimate of drug-likeness (QED) is 0.372. The largest absolute Gasteiger partial charge is 0.412 e. The van der Waals surface area contributed by atoms with Gasteiger partial charge >= 0.3 is 0 Å². The van der Waals surface area contributed by atoms with Crippen LogP contribution in [0.5, 0.6) is 0 Å². The second kappa shape index (κ2) is 6.62. The van der Waals surface area contributed by atoms with E-state index in [1.54, 1.807) is 0 Å². The Kier molecular flexibility index (Phi) is 5.53. The zero-order chi connectivity index (χ0) is 12.0. The topological polar surface area (TPSA) is 213 Å². The number of rotatable bonds is 0. The zero-order valence-corrected chi connectivity index (χ0v) is 8.65. The first-order valence-corrected chi connectivity index (χ1v) is 3.98. The molecule has 0 saturated carbocycles. The summed E-state index contributed by atoms with van der Waals surface area (Å²) in [5.41, 5.74) is 20.5. The summed E-state index contributed by atoms with van der Waals surface area (Å²) in [5, 5.41) is 0. The monoisotopic (exact) mass is 240 g/mol. The molecule has 0 radical (unpaired) electrons. The second-order valence-electron chi connectivity index (χ2n) is 2.41. The fraction of sp³-hybridized carbons (Fsp3) is 0. The Bertz CT molecular complexity index is 397. The Morgan fingerprint density at radius 2 is 1.00 bits per heavy atom. The van der Waals surface area contributed by atoms with Gasteiger partial charge in [0, 0.05) is 0 Å². The first kappa shape index (κ1) is 14.2.